The topological polar surface area (TPSA) is 22.1 Å². The van der Waals surface area contributed by atoms with Gasteiger partial charge in [0.1, 0.15) is 0 Å². The van der Waals surface area contributed by atoms with Gasteiger partial charge in [0.25, 0.3) is 0 Å². The molecule has 0 bridgehead atoms. The number of halogens is 1. The second-order valence-corrected chi connectivity index (χ2v) is 4.18. The van der Waals surface area contributed by atoms with Gasteiger partial charge in [0.2, 0.25) is 5.88 Å². The average molecular weight is 279 g/mol. The molecule has 1 aromatic rings. The first-order chi connectivity index (χ1) is 5.42. The van der Waals surface area contributed by atoms with Crippen LogP contribution < -0.4 is 4.74 Å². The predicted molar refractivity (Wildman–Crippen MR) is 53.3 cm³/mol. The van der Waals surface area contributed by atoms with Crippen LogP contribution in [0.3, 0.4) is 0 Å². The fraction of sp³-hybridized carbons (Fsp3) is 0.286. The summed E-state index contributed by atoms with van der Waals surface area (Å²) in [6.45, 7) is 0.788. The molecule has 2 rings (SSSR count). The van der Waals surface area contributed by atoms with Crippen LogP contribution in [0, 0.1) is 0 Å². The number of hydrogen-bond donors (Lipinski definition) is 0. The van der Waals surface area contributed by atoms with Crippen LogP contribution in [0.1, 0.15) is 5.56 Å². The fourth-order valence-electron chi connectivity index (χ4n) is 1.13. The van der Waals surface area contributed by atoms with Crippen molar-refractivity contribution in [3.63, 3.8) is 0 Å². The molecular formula is C7H6INOS. The molecule has 0 amide bonds. The third-order valence-corrected chi connectivity index (χ3v) is 3.62. The molecule has 1 aliphatic heterocycles. The van der Waals surface area contributed by atoms with Gasteiger partial charge < -0.3 is 4.74 Å². The highest BCUT2D eigenvalue weighted by molar-refractivity contribution is 14.2. The van der Waals surface area contributed by atoms with Gasteiger partial charge in [-0.05, 0) is 6.07 Å². The van der Waals surface area contributed by atoms with E-state index in [1.165, 1.54) is 10.5 Å². The van der Waals surface area contributed by atoms with Crippen molar-refractivity contribution in [2.24, 2.45) is 0 Å². The Morgan fingerprint density at radius 3 is 3.36 bits per heavy atom. The molecule has 0 spiro atoms. The van der Waals surface area contributed by atoms with Crippen LogP contribution in [0.4, 0.5) is 0 Å². The van der Waals surface area contributed by atoms with E-state index in [0.717, 1.165) is 18.9 Å². The lowest BCUT2D eigenvalue weighted by molar-refractivity contribution is 0.345. The number of aromatic nitrogens is 1. The minimum atomic E-state index is 0.788. The number of hydrogen-bond acceptors (Lipinski definition) is 3. The first-order valence-electron chi connectivity index (χ1n) is 3.31. The van der Waals surface area contributed by atoms with Crippen molar-refractivity contribution in [3.8, 4) is 5.88 Å². The Morgan fingerprint density at radius 2 is 2.55 bits per heavy atom. The van der Waals surface area contributed by atoms with Crippen molar-refractivity contribution in [1.29, 1.82) is 0 Å². The minimum Gasteiger partial charge on any atom is -0.477 e. The van der Waals surface area contributed by atoms with Gasteiger partial charge in [0, 0.05) is 44.3 Å². The second kappa shape index (κ2) is 3.18. The van der Waals surface area contributed by atoms with Crippen molar-refractivity contribution in [2.75, 3.05) is 6.61 Å². The molecule has 4 heteroatoms. The average Bonchev–Trinajstić information content (AvgIpc) is 2.50. The SMILES string of the molecule is ISc1ccnc2c1CCO2. The van der Waals surface area contributed by atoms with Crippen molar-refractivity contribution < 1.29 is 4.74 Å². The number of pyridine rings is 1. The molecule has 0 atom stereocenters. The molecule has 0 fully saturated rings. The molecule has 0 radical (unpaired) electrons. The molecule has 0 aromatic carbocycles. The molecule has 2 heterocycles. The Balaban J connectivity index is 2.50. The van der Waals surface area contributed by atoms with E-state index in [9.17, 15) is 0 Å². The second-order valence-electron chi connectivity index (χ2n) is 2.27. The lowest BCUT2D eigenvalue weighted by atomic mass is 10.2. The van der Waals surface area contributed by atoms with E-state index in [1.54, 1.807) is 15.1 Å². The van der Waals surface area contributed by atoms with E-state index in [0.29, 0.717) is 0 Å². The zero-order valence-corrected chi connectivity index (χ0v) is 8.68. The Kier molecular flexibility index (Phi) is 2.22. The fourth-order valence-corrected chi connectivity index (χ4v) is 2.77. The molecule has 0 saturated carbocycles. The van der Waals surface area contributed by atoms with Crippen molar-refractivity contribution in [2.45, 2.75) is 11.3 Å². The molecular weight excluding hydrogens is 273 g/mol. The van der Waals surface area contributed by atoms with Gasteiger partial charge in [-0.3, -0.25) is 0 Å². The van der Waals surface area contributed by atoms with Crippen LogP contribution in [-0.2, 0) is 6.42 Å². The van der Waals surface area contributed by atoms with Crippen LogP contribution in [0.25, 0.3) is 0 Å². The normalized spacial score (nSPS) is 14.3. The summed E-state index contributed by atoms with van der Waals surface area (Å²) in [6.07, 6.45) is 2.81. The zero-order valence-electron chi connectivity index (χ0n) is 5.71. The van der Waals surface area contributed by atoms with Gasteiger partial charge in [-0.25, -0.2) is 4.98 Å². The van der Waals surface area contributed by atoms with Gasteiger partial charge in [-0.15, -0.1) is 0 Å². The highest BCUT2D eigenvalue weighted by Crippen LogP contribution is 2.35. The molecule has 0 unspecified atom stereocenters. The van der Waals surface area contributed by atoms with E-state index in [2.05, 4.69) is 26.2 Å². The van der Waals surface area contributed by atoms with Crippen LogP contribution in [0.5, 0.6) is 5.88 Å². The first-order valence-corrected chi connectivity index (χ1v) is 6.67. The third-order valence-electron chi connectivity index (χ3n) is 1.65. The van der Waals surface area contributed by atoms with Crippen molar-refractivity contribution >= 4 is 30.1 Å². The molecule has 0 saturated heterocycles. The van der Waals surface area contributed by atoms with Gasteiger partial charge in [0.05, 0.1) is 6.61 Å². The summed E-state index contributed by atoms with van der Waals surface area (Å²) >= 11 is 2.28. The van der Waals surface area contributed by atoms with Crippen molar-refractivity contribution in [1.82, 2.24) is 4.98 Å². The summed E-state index contributed by atoms with van der Waals surface area (Å²) < 4.78 is 5.31. The highest BCUT2D eigenvalue weighted by Gasteiger charge is 2.16. The van der Waals surface area contributed by atoms with Crippen LogP contribution in [0.2, 0.25) is 0 Å². The van der Waals surface area contributed by atoms with Crippen LogP contribution >= 0.6 is 30.1 Å². The van der Waals surface area contributed by atoms with E-state index in [-0.39, 0.29) is 0 Å². The van der Waals surface area contributed by atoms with E-state index < -0.39 is 0 Å². The summed E-state index contributed by atoms with van der Waals surface area (Å²) in [5.74, 6) is 0.826. The highest BCUT2D eigenvalue weighted by atomic mass is 127. The summed E-state index contributed by atoms with van der Waals surface area (Å²) in [4.78, 5) is 5.41. The summed E-state index contributed by atoms with van der Waals surface area (Å²) in [7, 11) is 1.72. The molecule has 1 aliphatic rings. The maximum atomic E-state index is 5.31. The molecule has 58 valence electrons. The Morgan fingerprint density at radius 1 is 1.64 bits per heavy atom. The zero-order chi connectivity index (χ0) is 7.68. The lowest BCUT2D eigenvalue weighted by Crippen LogP contribution is -1.87. The van der Waals surface area contributed by atoms with Crippen LogP contribution in [0.15, 0.2) is 17.2 Å². The predicted octanol–water partition coefficient (Wildman–Crippen LogP) is 2.46. The number of rotatable bonds is 1. The molecule has 0 aliphatic carbocycles. The van der Waals surface area contributed by atoms with Crippen LogP contribution in [-0.4, -0.2) is 11.6 Å². The van der Waals surface area contributed by atoms with Crippen molar-refractivity contribution in [3.05, 3.63) is 17.8 Å². The third kappa shape index (κ3) is 1.33. The lowest BCUT2D eigenvalue weighted by Gasteiger charge is -1.99. The van der Waals surface area contributed by atoms with Gasteiger partial charge in [-0.2, -0.15) is 0 Å². The van der Waals surface area contributed by atoms with E-state index >= 15 is 0 Å². The van der Waals surface area contributed by atoms with E-state index in [1.807, 2.05) is 6.07 Å². The smallest absolute Gasteiger partial charge is 0.217 e. The molecule has 11 heavy (non-hydrogen) atoms. The molecule has 2 nitrogen and oxygen atoms in total. The number of nitrogens with zero attached hydrogens (tertiary/aromatic N) is 1. The summed E-state index contributed by atoms with van der Waals surface area (Å²) in [5, 5.41) is 0. The molecule has 0 N–H and O–H groups in total. The van der Waals surface area contributed by atoms with Gasteiger partial charge in [0.15, 0.2) is 0 Å². The minimum absolute atomic E-state index is 0.788. The van der Waals surface area contributed by atoms with Gasteiger partial charge >= 0.3 is 0 Å². The number of fused-ring (bicyclic) bond motifs is 1. The monoisotopic (exact) mass is 279 g/mol. The van der Waals surface area contributed by atoms with Gasteiger partial charge in [-0.1, -0.05) is 8.93 Å². The summed E-state index contributed by atoms with van der Waals surface area (Å²) in [5.41, 5.74) is 1.27. The Bertz CT molecular complexity index is 279. The Hall–Kier alpha value is 0.0300. The summed E-state index contributed by atoms with van der Waals surface area (Å²) in [6, 6.07) is 2.03. The largest absolute Gasteiger partial charge is 0.477 e. The molecule has 1 aromatic heterocycles. The Labute approximate surface area is 81.3 Å². The van der Waals surface area contributed by atoms with E-state index in [4.69, 9.17) is 4.74 Å². The number of ether oxygens (including phenoxy) is 1. The quantitative estimate of drug-likeness (QED) is 0.737. The maximum absolute atomic E-state index is 5.31. The standard InChI is InChI=1S/C7H6INOS/c8-11-6-1-3-9-7-5(6)2-4-10-7/h1,3H,2,4H2. The first kappa shape index (κ1) is 7.67. The maximum Gasteiger partial charge on any atom is 0.217 e.